The van der Waals surface area contributed by atoms with E-state index < -0.39 is 34.0 Å². The van der Waals surface area contributed by atoms with Crippen molar-refractivity contribution in [3.8, 4) is 11.3 Å². The number of aromatic nitrogens is 2. The van der Waals surface area contributed by atoms with Gasteiger partial charge in [0, 0.05) is 73.2 Å². The number of halogens is 4. The summed E-state index contributed by atoms with van der Waals surface area (Å²) in [7, 11) is -3.51. The summed E-state index contributed by atoms with van der Waals surface area (Å²) in [6.45, 7) is 4.29. The number of benzene rings is 1. The Balaban J connectivity index is 1.43. The van der Waals surface area contributed by atoms with Gasteiger partial charge in [0.25, 0.3) is 0 Å². The van der Waals surface area contributed by atoms with Crippen LogP contribution in [0.4, 0.5) is 17.6 Å². The third-order valence-electron chi connectivity index (χ3n) is 8.56. The van der Waals surface area contributed by atoms with Crippen molar-refractivity contribution in [3.05, 3.63) is 35.0 Å². The van der Waals surface area contributed by atoms with Crippen LogP contribution in [0.1, 0.15) is 48.9 Å². The molecule has 2 saturated heterocycles. The van der Waals surface area contributed by atoms with Gasteiger partial charge >= 0.3 is 6.18 Å². The minimum atomic E-state index is -4.55. The number of alkyl halides is 4. The van der Waals surface area contributed by atoms with E-state index in [4.69, 9.17) is 5.10 Å². The zero-order valence-electron chi connectivity index (χ0n) is 24.5. The molecular formula is C29H41F4N5O3S2. The second-order valence-electron chi connectivity index (χ2n) is 11.9. The van der Waals surface area contributed by atoms with Gasteiger partial charge in [-0.15, -0.1) is 11.8 Å². The number of aliphatic hydroxyl groups excluding tert-OH is 1. The lowest BCUT2D eigenvalue weighted by Crippen LogP contribution is -2.37. The molecule has 1 N–H and O–H groups in total. The molecule has 0 amide bonds. The molecule has 2 fully saturated rings. The number of nitrogens with zero attached hydrogens (tertiary/aromatic N) is 5. The van der Waals surface area contributed by atoms with Crippen LogP contribution in [-0.2, 0) is 35.7 Å². The molecule has 0 unspecified atom stereocenters. The van der Waals surface area contributed by atoms with Crippen molar-refractivity contribution in [1.82, 2.24) is 23.9 Å². The number of aliphatic hydroxyl groups is 1. The first-order valence-corrected chi connectivity index (χ1v) is 17.9. The zero-order valence-corrected chi connectivity index (χ0v) is 26.2. The number of hydrogen-bond acceptors (Lipinski definition) is 7. The summed E-state index contributed by atoms with van der Waals surface area (Å²) >= 11 is 1.08. The molecule has 0 spiro atoms. The Bertz CT molecular complexity index is 1360. The van der Waals surface area contributed by atoms with Gasteiger partial charge < -0.3 is 10.0 Å². The fourth-order valence-corrected chi connectivity index (χ4v) is 8.21. The maximum atomic E-state index is 14.0. The Labute approximate surface area is 255 Å². The van der Waals surface area contributed by atoms with Gasteiger partial charge in [-0.05, 0) is 44.5 Å². The van der Waals surface area contributed by atoms with Crippen molar-refractivity contribution < 1.29 is 31.1 Å². The van der Waals surface area contributed by atoms with Crippen LogP contribution >= 0.6 is 11.8 Å². The molecule has 43 heavy (non-hydrogen) atoms. The summed E-state index contributed by atoms with van der Waals surface area (Å²) in [6, 6.07) is 3.93. The molecule has 240 valence electrons. The van der Waals surface area contributed by atoms with Gasteiger partial charge in [-0.2, -0.15) is 22.6 Å². The highest BCUT2D eigenvalue weighted by Crippen LogP contribution is 2.40. The summed E-state index contributed by atoms with van der Waals surface area (Å²) in [4.78, 5) is 4.24. The van der Waals surface area contributed by atoms with Crippen molar-refractivity contribution in [3.63, 3.8) is 0 Å². The van der Waals surface area contributed by atoms with Gasteiger partial charge in [0.2, 0.25) is 10.0 Å². The van der Waals surface area contributed by atoms with Crippen LogP contribution in [0.3, 0.4) is 0 Å². The van der Waals surface area contributed by atoms with Gasteiger partial charge in [-0.25, -0.2) is 12.8 Å². The van der Waals surface area contributed by atoms with E-state index in [-0.39, 0.29) is 24.5 Å². The van der Waals surface area contributed by atoms with Crippen LogP contribution in [-0.4, -0.2) is 108 Å². The van der Waals surface area contributed by atoms with Crippen LogP contribution in [0, 0.1) is 0 Å². The summed E-state index contributed by atoms with van der Waals surface area (Å²) in [6.07, 6.45) is 0.388. The van der Waals surface area contributed by atoms with E-state index in [9.17, 15) is 31.1 Å². The molecule has 4 heterocycles. The molecule has 1 aromatic carbocycles. The quantitative estimate of drug-likeness (QED) is 0.305. The highest BCUT2D eigenvalue weighted by atomic mass is 32.2. The summed E-state index contributed by atoms with van der Waals surface area (Å²) in [5, 5.41) is 15.8. The molecule has 8 nitrogen and oxygen atoms in total. The van der Waals surface area contributed by atoms with Gasteiger partial charge in [-0.3, -0.25) is 9.58 Å². The highest BCUT2D eigenvalue weighted by molar-refractivity contribution is 7.99. The van der Waals surface area contributed by atoms with Crippen molar-refractivity contribution in [2.45, 2.75) is 75.0 Å². The van der Waals surface area contributed by atoms with E-state index in [1.165, 1.54) is 29.3 Å². The van der Waals surface area contributed by atoms with Gasteiger partial charge in [0.15, 0.2) is 0 Å². The van der Waals surface area contributed by atoms with Crippen molar-refractivity contribution in [2.24, 2.45) is 0 Å². The number of hydrogen-bond donors (Lipinski definition) is 1. The minimum Gasteiger partial charge on any atom is -0.390 e. The molecule has 2 atom stereocenters. The third kappa shape index (κ3) is 8.31. The molecule has 2 aromatic rings. The SMILES string of the molecule is CS(=O)(=O)N1CCc2c(c(-c3ccc(C(F)(F)F)c(SCCN4CC[C@H](F)C4)c3)nn2C[C@@H](O)CN2CCCCCC2)C1. The van der Waals surface area contributed by atoms with Gasteiger partial charge in [-0.1, -0.05) is 18.9 Å². The maximum Gasteiger partial charge on any atom is 0.417 e. The van der Waals surface area contributed by atoms with E-state index in [2.05, 4.69) is 4.90 Å². The van der Waals surface area contributed by atoms with Gasteiger partial charge in [0.1, 0.15) is 6.17 Å². The lowest BCUT2D eigenvalue weighted by atomic mass is 10.0. The Morgan fingerprint density at radius 1 is 1.07 bits per heavy atom. The van der Waals surface area contributed by atoms with E-state index in [0.717, 1.165) is 55.7 Å². The normalized spacial score (nSPS) is 22.0. The van der Waals surface area contributed by atoms with Crippen LogP contribution in [0.15, 0.2) is 23.1 Å². The Morgan fingerprint density at radius 2 is 1.81 bits per heavy atom. The average Bonchev–Trinajstić information content (AvgIpc) is 3.41. The van der Waals surface area contributed by atoms with Crippen LogP contribution in [0.2, 0.25) is 0 Å². The Morgan fingerprint density at radius 3 is 2.47 bits per heavy atom. The molecule has 1 aromatic heterocycles. The third-order valence-corrected chi connectivity index (χ3v) is 10.8. The van der Waals surface area contributed by atoms with Crippen molar-refractivity contribution in [2.75, 3.05) is 57.8 Å². The summed E-state index contributed by atoms with van der Waals surface area (Å²) in [5.41, 5.74) is 1.60. The molecule has 0 bridgehead atoms. The number of likely N-dealkylation sites (tertiary alicyclic amines) is 2. The van der Waals surface area contributed by atoms with Crippen molar-refractivity contribution in [1.29, 1.82) is 0 Å². The molecule has 3 aliphatic rings. The number of β-amino-alcohol motifs (C(OH)–C–C–N with tert-alkyl or cyclic N) is 1. The smallest absolute Gasteiger partial charge is 0.390 e. The fraction of sp³-hybridized carbons (Fsp3) is 0.690. The first kappa shape index (κ1) is 32.7. The number of fused-ring (bicyclic) bond motifs is 1. The van der Waals surface area contributed by atoms with Crippen LogP contribution in [0.5, 0.6) is 0 Å². The molecule has 0 aliphatic carbocycles. The highest BCUT2D eigenvalue weighted by Gasteiger charge is 2.35. The van der Waals surface area contributed by atoms with Gasteiger partial charge in [0.05, 0.1) is 30.2 Å². The standard InChI is InChI=1S/C29H41F4N5O3S2/c1-43(40,41)37-13-9-26-24(20-37)28(34-38(26)19-23(39)18-35-10-4-2-3-5-11-35)21-6-7-25(29(31,32)33)27(16-21)42-15-14-36-12-8-22(30)17-36/h6-7,16,22-23,39H,2-5,8-15,17-20H2,1H3/t22-,23-/m0/s1. The lowest BCUT2D eigenvalue weighted by molar-refractivity contribution is -0.139. The second-order valence-corrected chi connectivity index (χ2v) is 15.0. The van der Waals surface area contributed by atoms with Crippen LogP contribution < -0.4 is 0 Å². The largest absolute Gasteiger partial charge is 0.417 e. The summed E-state index contributed by atoms with van der Waals surface area (Å²) < 4.78 is 83.5. The van der Waals surface area contributed by atoms with E-state index >= 15 is 0 Å². The molecule has 0 saturated carbocycles. The van der Waals surface area contributed by atoms with E-state index in [1.54, 1.807) is 4.68 Å². The topological polar surface area (TPSA) is 81.9 Å². The predicted molar refractivity (Wildman–Crippen MR) is 159 cm³/mol. The van der Waals surface area contributed by atoms with Crippen molar-refractivity contribution >= 4 is 21.8 Å². The van der Waals surface area contributed by atoms with E-state index in [0.29, 0.717) is 61.6 Å². The second kappa shape index (κ2) is 13.7. The van der Waals surface area contributed by atoms with Crippen LogP contribution in [0.25, 0.3) is 11.3 Å². The summed E-state index contributed by atoms with van der Waals surface area (Å²) in [5.74, 6) is 0.371. The molecule has 14 heteroatoms. The Kier molecular flexibility index (Phi) is 10.4. The molecule has 0 radical (unpaired) electrons. The monoisotopic (exact) mass is 647 g/mol. The molecular weight excluding hydrogens is 606 g/mol. The predicted octanol–water partition coefficient (Wildman–Crippen LogP) is 4.26. The number of sulfonamides is 1. The first-order chi connectivity index (χ1) is 20.4. The average molecular weight is 648 g/mol. The lowest BCUT2D eigenvalue weighted by Gasteiger charge is -2.27. The Hall–Kier alpha value is -1.71. The number of rotatable bonds is 10. The van der Waals surface area contributed by atoms with E-state index in [1.807, 2.05) is 4.90 Å². The molecule has 3 aliphatic heterocycles. The number of thioether (sulfide) groups is 1. The molecule has 5 rings (SSSR count). The fourth-order valence-electron chi connectivity index (χ4n) is 6.30. The maximum absolute atomic E-state index is 14.0. The minimum absolute atomic E-state index is 0.0567. The zero-order chi connectivity index (χ0) is 30.8. The first-order valence-electron chi connectivity index (χ1n) is 15.0.